The van der Waals surface area contributed by atoms with Crippen LogP contribution in [0.15, 0.2) is 30.3 Å². The van der Waals surface area contributed by atoms with Crippen molar-refractivity contribution in [3.63, 3.8) is 0 Å². The highest BCUT2D eigenvalue weighted by Crippen LogP contribution is 2.43. The molecule has 2 aliphatic carbocycles. The number of hydrogen-bond donors (Lipinski definition) is 0. The number of rotatable bonds is 6. The first-order valence-electron chi connectivity index (χ1n) is 9.70. The minimum atomic E-state index is 0.0316. The van der Waals surface area contributed by atoms with E-state index in [1.807, 2.05) is 6.92 Å². The summed E-state index contributed by atoms with van der Waals surface area (Å²) in [5.74, 6) is 0.924. The number of benzene rings is 1. The van der Waals surface area contributed by atoms with Crippen molar-refractivity contribution in [2.75, 3.05) is 13.6 Å². The molecule has 0 radical (unpaired) electrons. The Morgan fingerprint density at radius 1 is 1.16 bits per heavy atom. The summed E-state index contributed by atoms with van der Waals surface area (Å²) in [5, 5.41) is 0. The van der Waals surface area contributed by atoms with Crippen molar-refractivity contribution in [2.45, 2.75) is 63.8 Å². The van der Waals surface area contributed by atoms with Crippen LogP contribution in [0.25, 0.3) is 0 Å². The van der Waals surface area contributed by atoms with Crippen LogP contribution < -0.4 is 0 Å². The Bertz CT molecular complexity index is 751. The van der Waals surface area contributed by atoms with Gasteiger partial charge in [-0.25, -0.2) is 9.97 Å². The molecule has 2 aromatic rings. The van der Waals surface area contributed by atoms with Crippen LogP contribution in [0.4, 0.5) is 0 Å². The van der Waals surface area contributed by atoms with Crippen LogP contribution in [0.1, 0.15) is 60.9 Å². The first-order valence-corrected chi connectivity index (χ1v) is 9.70. The molecule has 132 valence electrons. The molecule has 0 aliphatic heterocycles. The second kappa shape index (κ2) is 6.53. The van der Waals surface area contributed by atoms with E-state index in [0.29, 0.717) is 0 Å². The van der Waals surface area contributed by atoms with E-state index in [-0.39, 0.29) is 5.41 Å². The Balaban J connectivity index is 1.58. The third-order valence-corrected chi connectivity index (χ3v) is 6.11. The summed E-state index contributed by atoms with van der Waals surface area (Å²) >= 11 is 0. The zero-order valence-electron chi connectivity index (χ0n) is 15.8. The summed E-state index contributed by atoms with van der Waals surface area (Å²) in [6, 6.07) is 11.7. The van der Waals surface area contributed by atoms with Crippen molar-refractivity contribution in [2.24, 2.45) is 0 Å². The lowest BCUT2D eigenvalue weighted by Gasteiger charge is -2.25. The number of aromatic nitrogens is 2. The predicted octanol–water partition coefficient (Wildman–Crippen LogP) is 4.06. The summed E-state index contributed by atoms with van der Waals surface area (Å²) < 4.78 is 0. The average Bonchev–Trinajstić information content (AvgIpc) is 3.41. The SMILES string of the molecule is Cc1nc(CCCN(C)C2CC2)c2c(n1)[C@](C)(c1ccccc1)CC2. The van der Waals surface area contributed by atoms with Gasteiger partial charge in [-0.15, -0.1) is 0 Å². The van der Waals surface area contributed by atoms with Gasteiger partial charge in [0.05, 0.1) is 5.69 Å². The molecule has 0 amide bonds. The van der Waals surface area contributed by atoms with E-state index in [9.17, 15) is 0 Å². The zero-order valence-corrected chi connectivity index (χ0v) is 15.8. The van der Waals surface area contributed by atoms with E-state index in [4.69, 9.17) is 9.97 Å². The number of fused-ring (bicyclic) bond motifs is 1. The Morgan fingerprint density at radius 3 is 2.64 bits per heavy atom. The molecule has 1 fully saturated rings. The van der Waals surface area contributed by atoms with E-state index < -0.39 is 0 Å². The fraction of sp³-hybridized carbons (Fsp3) is 0.545. The molecule has 1 heterocycles. The van der Waals surface area contributed by atoms with E-state index in [2.05, 4.69) is 49.2 Å². The Morgan fingerprint density at radius 2 is 1.92 bits per heavy atom. The molecule has 3 nitrogen and oxygen atoms in total. The Kier molecular flexibility index (Phi) is 4.36. The van der Waals surface area contributed by atoms with Gasteiger partial charge in [-0.1, -0.05) is 30.3 Å². The van der Waals surface area contributed by atoms with E-state index in [0.717, 1.165) is 31.1 Å². The van der Waals surface area contributed by atoms with Crippen LogP contribution in [0.3, 0.4) is 0 Å². The van der Waals surface area contributed by atoms with Crippen molar-refractivity contribution < 1.29 is 0 Å². The summed E-state index contributed by atoms with van der Waals surface area (Å²) in [6.07, 6.45) is 7.28. The van der Waals surface area contributed by atoms with Crippen molar-refractivity contribution in [3.05, 3.63) is 58.7 Å². The molecule has 0 saturated heterocycles. The van der Waals surface area contributed by atoms with Gasteiger partial charge in [-0.2, -0.15) is 0 Å². The topological polar surface area (TPSA) is 29.0 Å². The number of nitrogens with zero attached hydrogens (tertiary/aromatic N) is 3. The van der Waals surface area contributed by atoms with Gasteiger partial charge < -0.3 is 4.90 Å². The summed E-state index contributed by atoms with van der Waals surface area (Å²) in [7, 11) is 2.26. The minimum Gasteiger partial charge on any atom is -0.303 e. The van der Waals surface area contributed by atoms with Gasteiger partial charge in [0.15, 0.2) is 0 Å². The van der Waals surface area contributed by atoms with Crippen molar-refractivity contribution in [1.29, 1.82) is 0 Å². The highest BCUT2D eigenvalue weighted by molar-refractivity contribution is 5.45. The van der Waals surface area contributed by atoms with Crippen molar-refractivity contribution >= 4 is 0 Å². The van der Waals surface area contributed by atoms with Crippen LogP contribution in [-0.4, -0.2) is 34.5 Å². The van der Waals surface area contributed by atoms with E-state index >= 15 is 0 Å². The third kappa shape index (κ3) is 3.22. The average molecular weight is 335 g/mol. The molecule has 0 N–H and O–H groups in total. The lowest BCUT2D eigenvalue weighted by molar-refractivity contribution is 0.319. The molecule has 1 aromatic carbocycles. The highest BCUT2D eigenvalue weighted by Gasteiger charge is 2.39. The summed E-state index contributed by atoms with van der Waals surface area (Å²) in [6.45, 7) is 5.58. The summed E-state index contributed by atoms with van der Waals surface area (Å²) in [4.78, 5) is 12.3. The molecular weight excluding hydrogens is 306 g/mol. The Labute approximate surface area is 151 Å². The predicted molar refractivity (Wildman–Crippen MR) is 102 cm³/mol. The standard InChI is InChI=1S/C22H29N3/c1-16-23-20(10-7-15-25(3)18-11-12-18)19-13-14-22(2,21(19)24-16)17-8-5-4-6-9-17/h4-6,8-9,18H,7,10-15H2,1-3H3/t22-/m0/s1. The van der Waals surface area contributed by atoms with E-state index in [1.165, 1.54) is 48.3 Å². The van der Waals surface area contributed by atoms with Gasteiger partial charge in [0.1, 0.15) is 5.82 Å². The minimum absolute atomic E-state index is 0.0316. The zero-order chi connectivity index (χ0) is 17.4. The highest BCUT2D eigenvalue weighted by atomic mass is 15.1. The van der Waals surface area contributed by atoms with Crippen LogP contribution in [0, 0.1) is 6.92 Å². The van der Waals surface area contributed by atoms with Crippen LogP contribution in [0.5, 0.6) is 0 Å². The van der Waals surface area contributed by atoms with Gasteiger partial charge in [0, 0.05) is 17.2 Å². The molecule has 0 unspecified atom stereocenters. The van der Waals surface area contributed by atoms with Crippen LogP contribution in [-0.2, 0) is 18.3 Å². The van der Waals surface area contributed by atoms with Gasteiger partial charge in [-0.3, -0.25) is 0 Å². The monoisotopic (exact) mass is 335 g/mol. The third-order valence-electron chi connectivity index (χ3n) is 6.11. The van der Waals surface area contributed by atoms with E-state index in [1.54, 1.807) is 0 Å². The first-order chi connectivity index (χ1) is 12.1. The second-order valence-electron chi connectivity index (χ2n) is 8.06. The maximum Gasteiger partial charge on any atom is 0.125 e. The Hall–Kier alpha value is -1.74. The largest absolute Gasteiger partial charge is 0.303 e. The van der Waals surface area contributed by atoms with Crippen molar-refractivity contribution in [1.82, 2.24) is 14.9 Å². The fourth-order valence-corrected chi connectivity index (χ4v) is 4.35. The molecule has 3 heteroatoms. The summed E-state index contributed by atoms with van der Waals surface area (Å²) in [5.41, 5.74) is 5.41. The quantitative estimate of drug-likeness (QED) is 0.797. The molecule has 1 saturated carbocycles. The molecule has 0 spiro atoms. The second-order valence-corrected chi connectivity index (χ2v) is 8.06. The normalized spacial score (nSPS) is 22.4. The lowest BCUT2D eigenvalue weighted by atomic mass is 9.80. The molecule has 2 aliphatic rings. The first kappa shape index (κ1) is 16.7. The van der Waals surface area contributed by atoms with Gasteiger partial charge in [-0.05, 0) is 77.1 Å². The number of aryl methyl sites for hydroxylation is 2. The molecular formula is C22H29N3. The molecule has 1 aromatic heterocycles. The van der Waals surface area contributed by atoms with Gasteiger partial charge in [0.25, 0.3) is 0 Å². The lowest BCUT2D eigenvalue weighted by Crippen LogP contribution is -2.23. The number of hydrogen-bond acceptors (Lipinski definition) is 3. The smallest absolute Gasteiger partial charge is 0.125 e. The van der Waals surface area contributed by atoms with Gasteiger partial charge in [0.2, 0.25) is 0 Å². The van der Waals surface area contributed by atoms with Crippen LogP contribution >= 0.6 is 0 Å². The van der Waals surface area contributed by atoms with Gasteiger partial charge >= 0.3 is 0 Å². The molecule has 0 bridgehead atoms. The molecule has 25 heavy (non-hydrogen) atoms. The molecule has 1 atom stereocenters. The fourth-order valence-electron chi connectivity index (χ4n) is 4.35. The maximum absolute atomic E-state index is 4.90. The van der Waals surface area contributed by atoms with Crippen molar-refractivity contribution in [3.8, 4) is 0 Å². The van der Waals surface area contributed by atoms with Crippen LogP contribution in [0.2, 0.25) is 0 Å². The molecule has 4 rings (SSSR count). The maximum atomic E-state index is 4.90.